The minimum atomic E-state index is -4.55. The van der Waals surface area contributed by atoms with Crippen LogP contribution < -0.4 is 26.6 Å². The third-order valence-electron chi connectivity index (χ3n) is 15.4. The van der Waals surface area contributed by atoms with Crippen LogP contribution in [-0.4, -0.2) is 136 Å². The molecule has 2 aliphatic heterocycles. The van der Waals surface area contributed by atoms with Crippen molar-refractivity contribution in [3.8, 4) is 0 Å². The van der Waals surface area contributed by atoms with Gasteiger partial charge in [0.05, 0.1) is 53.9 Å². The summed E-state index contributed by atoms with van der Waals surface area (Å²) < 4.78 is 53.1. The first-order chi connectivity index (χ1) is 34.9. The van der Waals surface area contributed by atoms with Crippen LogP contribution in [0, 0.1) is 11.8 Å². The predicted molar refractivity (Wildman–Crippen MR) is 266 cm³/mol. The highest BCUT2D eigenvalue weighted by Crippen LogP contribution is 2.38. The number of ether oxygens (including phenoxy) is 2. The van der Waals surface area contributed by atoms with Crippen molar-refractivity contribution in [1.82, 2.24) is 46.0 Å². The lowest BCUT2D eigenvalue weighted by Crippen LogP contribution is -2.60. The Kier molecular flexibility index (Phi) is 17.6. The Labute approximate surface area is 425 Å². The molecule has 1 aromatic carbocycles. The van der Waals surface area contributed by atoms with Crippen molar-refractivity contribution in [1.29, 1.82) is 0 Å². The predicted octanol–water partition coefficient (Wildman–Crippen LogP) is 5.99. The highest BCUT2D eigenvalue weighted by Gasteiger charge is 2.45. The molecule has 17 nitrogen and oxygen atoms in total. The number of aromatic nitrogens is 3. The number of nitrogens with zero attached hydrogens (tertiary/aromatic N) is 5. The van der Waals surface area contributed by atoms with E-state index in [1.165, 1.54) is 12.4 Å². The van der Waals surface area contributed by atoms with Crippen molar-refractivity contribution >= 4 is 46.3 Å². The number of benzene rings is 1. The van der Waals surface area contributed by atoms with E-state index in [9.17, 15) is 37.1 Å². The summed E-state index contributed by atoms with van der Waals surface area (Å²) in [6.07, 6.45) is 10.0. The zero-order valence-corrected chi connectivity index (χ0v) is 42.6. The molecule has 20 heteroatoms. The maximum Gasteiger partial charge on any atom is 0.416 e. The van der Waals surface area contributed by atoms with Crippen LogP contribution in [0.3, 0.4) is 0 Å². The van der Waals surface area contributed by atoms with Crippen LogP contribution in [0.15, 0.2) is 49.1 Å². The fourth-order valence-corrected chi connectivity index (χ4v) is 11.7. The summed E-state index contributed by atoms with van der Waals surface area (Å²) in [5.74, 6) is -1.01. The van der Waals surface area contributed by atoms with Gasteiger partial charge in [0.2, 0.25) is 29.5 Å². The monoisotopic (exact) mass is 1020 g/mol. The van der Waals surface area contributed by atoms with Gasteiger partial charge in [0.25, 0.3) is 0 Å². The number of carbonyl (C=O) groups is 5. The fourth-order valence-electron chi connectivity index (χ4n) is 11.7. The lowest BCUT2D eigenvalue weighted by atomic mass is 9.82. The molecule has 6 atom stereocenters. The molecule has 73 heavy (non-hydrogen) atoms. The SMILES string of the molecule is CN1C(=O)C[C@H](C(=O)NCCO[C@H]2CC[C@@H](OCCCC(=O)NC3CCC(C(=O)N[C@@H]4C[C@H](NC(C)(C)C)CC[C@@H]4N4CC[C@H](Nc5ncnc6ccc(C(F)(F)F)cc56)C4=O)CC3)CC2)[C@H]1c1cccnc1. The quantitative estimate of drug-likeness (QED) is 0.0933. The third-order valence-corrected chi connectivity index (χ3v) is 15.4. The molecular formula is C53H73F3N10O7. The van der Waals surface area contributed by atoms with Gasteiger partial charge in [-0.05, 0) is 134 Å². The molecule has 3 saturated carbocycles. The first-order valence-corrected chi connectivity index (χ1v) is 26.3. The molecule has 5 N–H and O–H groups in total. The lowest BCUT2D eigenvalue weighted by Gasteiger charge is -2.43. The molecule has 0 bridgehead atoms. The highest BCUT2D eigenvalue weighted by atomic mass is 19.4. The molecule has 0 radical (unpaired) electrons. The number of fused-ring (bicyclic) bond motifs is 1. The largest absolute Gasteiger partial charge is 0.416 e. The van der Waals surface area contributed by atoms with Crippen molar-refractivity contribution < 1.29 is 46.6 Å². The molecule has 3 aromatic rings. The molecule has 0 spiro atoms. The van der Waals surface area contributed by atoms with E-state index in [1.807, 2.05) is 11.0 Å². The average Bonchev–Trinajstić information content (AvgIpc) is 3.87. The molecule has 398 valence electrons. The smallest absolute Gasteiger partial charge is 0.378 e. The number of pyridine rings is 1. The van der Waals surface area contributed by atoms with Crippen LogP contribution in [-0.2, 0) is 39.6 Å². The van der Waals surface area contributed by atoms with Crippen LogP contribution in [0.4, 0.5) is 19.0 Å². The second-order valence-electron chi connectivity index (χ2n) is 21.8. The van der Waals surface area contributed by atoms with Gasteiger partial charge in [-0.15, -0.1) is 0 Å². The van der Waals surface area contributed by atoms with Crippen LogP contribution >= 0.6 is 0 Å². The minimum absolute atomic E-state index is 0.0139. The molecule has 5 fully saturated rings. The van der Waals surface area contributed by atoms with Gasteiger partial charge in [-0.3, -0.25) is 29.0 Å². The zero-order chi connectivity index (χ0) is 51.9. The minimum Gasteiger partial charge on any atom is -0.378 e. The van der Waals surface area contributed by atoms with Gasteiger partial charge < -0.3 is 45.9 Å². The Morgan fingerprint density at radius 3 is 2.26 bits per heavy atom. The van der Waals surface area contributed by atoms with Gasteiger partial charge >= 0.3 is 6.18 Å². The van der Waals surface area contributed by atoms with Gasteiger partial charge in [0.15, 0.2) is 0 Å². The summed E-state index contributed by atoms with van der Waals surface area (Å²) in [7, 11) is 1.72. The number of nitrogens with one attached hydrogen (secondary N) is 5. The van der Waals surface area contributed by atoms with E-state index in [2.05, 4.69) is 62.3 Å². The number of hydrogen-bond donors (Lipinski definition) is 5. The first kappa shape index (κ1) is 53.8. The van der Waals surface area contributed by atoms with Crippen molar-refractivity contribution in [2.45, 2.75) is 177 Å². The normalized spacial score (nSPS) is 28.0. The number of anilines is 1. The summed E-state index contributed by atoms with van der Waals surface area (Å²) in [6, 6.07) is 5.49. The van der Waals surface area contributed by atoms with Gasteiger partial charge in [0.1, 0.15) is 18.2 Å². The van der Waals surface area contributed by atoms with Gasteiger partial charge in [-0.1, -0.05) is 6.07 Å². The zero-order valence-electron chi connectivity index (χ0n) is 42.6. The van der Waals surface area contributed by atoms with E-state index in [4.69, 9.17) is 9.47 Å². The second-order valence-corrected chi connectivity index (χ2v) is 21.8. The molecule has 5 aliphatic rings. The molecule has 2 aromatic heterocycles. The number of alkyl halides is 3. The van der Waals surface area contributed by atoms with E-state index < -0.39 is 23.7 Å². The van der Waals surface area contributed by atoms with Gasteiger partial charge in [0, 0.05) is 80.9 Å². The third kappa shape index (κ3) is 14.0. The molecule has 0 unspecified atom stereocenters. The lowest BCUT2D eigenvalue weighted by molar-refractivity contribution is -0.137. The van der Waals surface area contributed by atoms with Crippen LogP contribution in [0.1, 0.15) is 134 Å². The Bertz CT molecular complexity index is 2390. The topological polar surface area (TPSA) is 209 Å². The summed E-state index contributed by atoms with van der Waals surface area (Å²) in [6.45, 7) is 7.98. The van der Waals surface area contributed by atoms with E-state index >= 15 is 0 Å². The maximum atomic E-state index is 14.1. The van der Waals surface area contributed by atoms with E-state index in [0.717, 1.165) is 49.8 Å². The highest BCUT2D eigenvalue weighted by molar-refractivity contribution is 5.93. The number of hydrogen-bond acceptors (Lipinski definition) is 12. The van der Waals surface area contributed by atoms with Crippen LogP contribution in [0.5, 0.6) is 0 Å². The van der Waals surface area contributed by atoms with E-state index in [0.29, 0.717) is 89.6 Å². The number of carbonyl (C=O) groups excluding carboxylic acids is 5. The second kappa shape index (κ2) is 23.8. The summed E-state index contributed by atoms with van der Waals surface area (Å²) in [4.78, 5) is 82.6. The van der Waals surface area contributed by atoms with Crippen LogP contribution in [0.25, 0.3) is 10.9 Å². The molecular weight excluding hydrogens is 946 g/mol. The van der Waals surface area contributed by atoms with E-state index in [-0.39, 0.29) is 101 Å². The number of halogens is 3. The molecule has 3 aliphatic carbocycles. The number of rotatable bonds is 18. The van der Waals surface area contributed by atoms with Crippen molar-refractivity contribution in [2.24, 2.45) is 11.8 Å². The van der Waals surface area contributed by atoms with Crippen molar-refractivity contribution in [3.05, 3.63) is 60.2 Å². The van der Waals surface area contributed by atoms with Crippen LogP contribution in [0.2, 0.25) is 0 Å². The number of likely N-dealkylation sites (tertiary alicyclic amines) is 2. The van der Waals surface area contributed by atoms with Gasteiger partial charge in [-0.2, -0.15) is 13.2 Å². The molecule has 8 rings (SSSR count). The molecule has 4 heterocycles. The Hall–Kier alpha value is -5.47. The molecule has 5 amide bonds. The summed E-state index contributed by atoms with van der Waals surface area (Å²) in [5.41, 5.74) is 0.196. The first-order valence-electron chi connectivity index (χ1n) is 26.3. The average molecular weight is 1020 g/mol. The Balaban J connectivity index is 0.723. The Morgan fingerprint density at radius 1 is 0.836 bits per heavy atom. The Morgan fingerprint density at radius 2 is 1.56 bits per heavy atom. The van der Waals surface area contributed by atoms with E-state index in [1.54, 1.807) is 30.4 Å². The number of amides is 5. The maximum absolute atomic E-state index is 14.1. The van der Waals surface area contributed by atoms with Crippen molar-refractivity contribution in [2.75, 3.05) is 38.7 Å². The fraction of sp³-hybridized carbons (Fsp3) is 0.660. The summed E-state index contributed by atoms with van der Waals surface area (Å²) >= 11 is 0. The van der Waals surface area contributed by atoms with Crippen molar-refractivity contribution in [3.63, 3.8) is 0 Å². The summed E-state index contributed by atoms with van der Waals surface area (Å²) in [5, 5.41) is 16.5. The van der Waals surface area contributed by atoms with Gasteiger partial charge in [-0.25, -0.2) is 9.97 Å². The standard InChI is InChI=1S/C53H73F3N10O7/c1-52(2,3)64-36-14-20-44(66-24-21-42(51(66)71)62-48-39-27-34(53(54,55)56)11-19-41(39)59-31-60-48)43(28-36)63-49(69)32-9-12-35(13-10-32)61-45(67)8-6-25-72-37-15-17-38(18-16-37)73-26-23-58-50(70)40-29-46(68)65(4)47(40)33-7-5-22-57-30-33/h5,7,11,19,22,27,30-32,35-38,40,42-44,47,64H,6,8-10,12-18,20-21,23-26,28-29H2,1-4H3,(H,58,70)(H,61,67)(H,63,69)(H,59,60,62)/t32?,35?,36-,37-,38+,40+,42+,43-,44+,47-/m1/s1. The molecule has 2 saturated heterocycles.